The molecule has 3 aliphatic rings. The Balaban J connectivity index is 0.000000572. The van der Waals surface area contributed by atoms with Gasteiger partial charge in [0.05, 0.1) is 0 Å². The summed E-state index contributed by atoms with van der Waals surface area (Å²) in [5.41, 5.74) is 6.87. The van der Waals surface area contributed by atoms with Crippen molar-refractivity contribution in [2.75, 3.05) is 0 Å². The highest BCUT2D eigenvalue weighted by Gasteiger charge is 2.25. The zero-order valence-electron chi connectivity index (χ0n) is 20.6. The molecule has 3 aliphatic carbocycles. The van der Waals surface area contributed by atoms with Crippen molar-refractivity contribution in [2.45, 2.75) is 154 Å². The lowest BCUT2D eigenvalue weighted by molar-refractivity contribution is 0.431. The first-order valence-corrected chi connectivity index (χ1v) is 13.9. The van der Waals surface area contributed by atoms with Crippen molar-refractivity contribution >= 4 is 0 Å². The number of rotatable bonds is 7. The Morgan fingerprint density at radius 1 is 0.633 bits per heavy atom. The van der Waals surface area contributed by atoms with Gasteiger partial charge in [0.1, 0.15) is 0 Å². The van der Waals surface area contributed by atoms with Crippen molar-refractivity contribution in [3.05, 3.63) is 34.4 Å². The minimum Gasteiger partial charge on any atom is -0.0654 e. The highest BCUT2D eigenvalue weighted by Crippen LogP contribution is 2.42. The van der Waals surface area contributed by atoms with Gasteiger partial charge in [-0.05, 0) is 85.5 Å². The molecule has 30 heavy (non-hydrogen) atoms. The van der Waals surface area contributed by atoms with Gasteiger partial charge in [-0.3, -0.25) is 0 Å². The second-order valence-corrected chi connectivity index (χ2v) is 10.7. The van der Waals surface area contributed by atoms with Gasteiger partial charge in [0, 0.05) is 0 Å². The summed E-state index contributed by atoms with van der Waals surface area (Å²) >= 11 is 0. The van der Waals surface area contributed by atoms with Crippen LogP contribution in [-0.2, 0) is 0 Å². The smallest absolute Gasteiger partial charge is 0.0159 e. The standard InChI is InChI=1S/C26H42.C4H8/c1-4-12-21(13-5-2)24-18-25(22-14-8-6-9-15-22)20(3)26(19-24)23-16-10-7-11-17-23;1-2-4-3-1/h18-19,21-23H,4-17H2,1-3H3;1-4H2. The monoisotopic (exact) mass is 410 g/mol. The van der Waals surface area contributed by atoms with Crippen LogP contribution in [0.3, 0.4) is 0 Å². The van der Waals surface area contributed by atoms with E-state index in [1.807, 2.05) is 0 Å². The first-order chi connectivity index (χ1) is 14.7. The molecule has 0 nitrogen and oxygen atoms in total. The van der Waals surface area contributed by atoms with Gasteiger partial charge in [-0.2, -0.15) is 0 Å². The van der Waals surface area contributed by atoms with E-state index < -0.39 is 0 Å². The Kier molecular flexibility index (Phi) is 10.3. The summed E-state index contributed by atoms with van der Waals surface area (Å²) in [5, 5.41) is 0. The van der Waals surface area contributed by atoms with Gasteiger partial charge in [0.2, 0.25) is 0 Å². The van der Waals surface area contributed by atoms with Crippen LogP contribution in [0.5, 0.6) is 0 Å². The fourth-order valence-corrected chi connectivity index (χ4v) is 6.12. The number of hydrogen-bond acceptors (Lipinski definition) is 0. The highest BCUT2D eigenvalue weighted by atomic mass is 14.3. The summed E-state index contributed by atoms with van der Waals surface area (Å²) in [6, 6.07) is 5.35. The minimum absolute atomic E-state index is 0.787. The summed E-state index contributed by atoms with van der Waals surface area (Å²) in [6.45, 7) is 7.19. The van der Waals surface area contributed by atoms with E-state index in [-0.39, 0.29) is 0 Å². The number of benzene rings is 1. The average Bonchev–Trinajstić information content (AvgIpc) is 2.74. The van der Waals surface area contributed by atoms with Crippen molar-refractivity contribution < 1.29 is 0 Å². The molecule has 0 amide bonds. The van der Waals surface area contributed by atoms with Crippen LogP contribution in [0, 0.1) is 6.92 Å². The molecule has 0 heterocycles. The first kappa shape index (κ1) is 23.9. The molecular weight excluding hydrogens is 360 g/mol. The molecule has 0 aromatic heterocycles. The predicted molar refractivity (Wildman–Crippen MR) is 134 cm³/mol. The third-order valence-electron chi connectivity index (χ3n) is 8.35. The zero-order chi connectivity index (χ0) is 21.2. The van der Waals surface area contributed by atoms with Crippen molar-refractivity contribution in [3.63, 3.8) is 0 Å². The van der Waals surface area contributed by atoms with Gasteiger partial charge in [-0.25, -0.2) is 0 Å². The molecule has 170 valence electrons. The lowest BCUT2D eigenvalue weighted by Crippen LogP contribution is -2.13. The van der Waals surface area contributed by atoms with Crippen molar-refractivity contribution in [3.8, 4) is 0 Å². The third-order valence-corrected chi connectivity index (χ3v) is 8.35. The van der Waals surface area contributed by atoms with Crippen LogP contribution in [0.1, 0.15) is 169 Å². The van der Waals surface area contributed by atoms with E-state index in [0.29, 0.717) is 0 Å². The second-order valence-electron chi connectivity index (χ2n) is 10.7. The van der Waals surface area contributed by atoms with Gasteiger partial charge in [-0.15, -0.1) is 0 Å². The van der Waals surface area contributed by atoms with Gasteiger partial charge in [-0.1, -0.05) is 103 Å². The molecule has 0 aliphatic heterocycles. The van der Waals surface area contributed by atoms with Crippen molar-refractivity contribution in [1.29, 1.82) is 0 Å². The van der Waals surface area contributed by atoms with Crippen LogP contribution in [0.4, 0.5) is 0 Å². The molecule has 3 saturated carbocycles. The van der Waals surface area contributed by atoms with Crippen molar-refractivity contribution in [2.24, 2.45) is 0 Å². The molecule has 0 radical (unpaired) electrons. The SMILES string of the molecule is C1CCC1.CCCC(CCC)c1cc(C2CCCCC2)c(C)c(C2CCCCC2)c1. The lowest BCUT2D eigenvalue weighted by Gasteiger charge is -2.31. The van der Waals surface area contributed by atoms with Crippen LogP contribution in [0.15, 0.2) is 12.1 Å². The van der Waals surface area contributed by atoms with E-state index in [9.17, 15) is 0 Å². The van der Waals surface area contributed by atoms with Crippen LogP contribution in [0.25, 0.3) is 0 Å². The van der Waals surface area contributed by atoms with Crippen molar-refractivity contribution in [1.82, 2.24) is 0 Å². The first-order valence-electron chi connectivity index (χ1n) is 13.9. The largest absolute Gasteiger partial charge is 0.0654 e. The van der Waals surface area contributed by atoms with Gasteiger partial charge >= 0.3 is 0 Å². The minimum atomic E-state index is 0.787. The van der Waals surface area contributed by atoms with E-state index in [1.54, 1.807) is 22.3 Å². The van der Waals surface area contributed by atoms with Crippen LogP contribution >= 0.6 is 0 Å². The van der Waals surface area contributed by atoms with E-state index in [2.05, 4.69) is 32.9 Å². The summed E-state index contributed by atoms with van der Waals surface area (Å²) in [5.74, 6) is 2.47. The molecule has 1 aromatic carbocycles. The maximum absolute atomic E-state index is 2.67. The maximum Gasteiger partial charge on any atom is -0.0159 e. The fraction of sp³-hybridized carbons (Fsp3) is 0.800. The van der Waals surface area contributed by atoms with Gasteiger partial charge in [0.15, 0.2) is 0 Å². The van der Waals surface area contributed by atoms with Crippen LogP contribution in [-0.4, -0.2) is 0 Å². The Hall–Kier alpha value is -0.780. The van der Waals surface area contributed by atoms with Gasteiger partial charge in [0.25, 0.3) is 0 Å². The Morgan fingerprint density at radius 2 is 1.00 bits per heavy atom. The van der Waals surface area contributed by atoms with E-state index >= 15 is 0 Å². The summed E-state index contributed by atoms with van der Waals surface area (Å²) in [7, 11) is 0. The molecule has 0 atom stereocenters. The summed E-state index contributed by atoms with van der Waals surface area (Å²) in [6.07, 6.45) is 25.8. The molecule has 3 fully saturated rings. The van der Waals surface area contributed by atoms with E-state index in [0.717, 1.165) is 17.8 Å². The molecule has 0 unspecified atom stereocenters. The van der Waals surface area contributed by atoms with Crippen LogP contribution in [0.2, 0.25) is 0 Å². The van der Waals surface area contributed by atoms with E-state index in [1.165, 1.54) is 116 Å². The molecule has 0 heteroatoms. The van der Waals surface area contributed by atoms with E-state index in [4.69, 9.17) is 0 Å². The second kappa shape index (κ2) is 12.9. The molecular formula is C30H50. The predicted octanol–water partition coefficient (Wildman–Crippen LogP) is 10.3. The Bertz CT molecular complexity index is 547. The third kappa shape index (κ3) is 6.61. The normalized spacial score (nSPS) is 20.5. The molecule has 0 saturated heterocycles. The topological polar surface area (TPSA) is 0 Å². The zero-order valence-corrected chi connectivity index (χ0v) is 20.6. The molecule has 0 bridgehead atoms. The lowest BCUT2D eigenvalue weighted by atomic mass is 9.74. The number of hydrogen-bond donors (Lipinski definition) is 0. The summed E-state index contributed by atoms with van der Waals surface area (Å²) < 4.78 is 0. The Labute approximate surface area is 188 Å². The molecule has 0 N–H and O–H groups in total. The maximum atomic E-state index is 2.67. The van der Waals surface area contributed by atoms with Gasteiger partial charge < -0.3 is 0 Å². The fourth-order valence-electron chi connectivity index (χ4n) is 6.12. The highest BCUT2D eigenvalue weighted by molar-refractivity contribution is 5.44. The average molecular weight is 411 g/mol. The van der Waals surface area contributed by atoms with Crippen LogP contribution < -0.4 is 0 Å². The molecule has 4 rings (SSSR count). The quantitative estimate of drug-likeness (QED) is 0.419. The molecule has 0 spiro atoms. The molecule has 1 aromatic rings. The Morgan fingerprint density at radius 3 is 1.33 bits per heavy atom. The summed E-state index contributed by atoms with van der Waals surface area (Å²) in [4.78, 5) is 0.